The highest BCUT2D eigenvalue weighted by molar-refractivity contribution is 7.16. The fourth-order valence-electron chi connectivity index (χ4n) is 1.47. The number of nitrogens with zero attached hydrogens (tertiary/aromatic N) is 1. The Morgan fingerprint density at radius 3 is 2.59 bits per heavy atom. The third kappa shape index (κ3) is 3.71. The van der Waals surface area contributed by atoms with Gasteiger partial charge in [-0.05, 0) is 26.0 Å². The predicted octanol–water partition coefficient (Wildman–Crippen LogP) is 2.44. The molecule has 0 bridgehead atoms. The molecular weight excluding hydrogens is 262 g/mol. The molecule has 1 heterocycles. The van der Waals surface area contributed by atoms with Crippen LogP contribution < -0.4 is 0 Å². The van der Waals surface area contributed by atoms with Gasteiger partial charge in [0, 0.05) is 11.4 Å². The molecule has 0 aromatic carbocycles. The van der Waals surface area contributed by atoms with Crippen LogP contribution in [0.25, 0.3) is 0 Å². The molecule has 1 rings (SSSR count). The molecule has 0 aliphatic heterocycles. The van der Waals surface area contributed by atoms with Gasteiger partial charge in [0.1, 0.15) is 6.54 Å². The summed E-state index contributed by atoms with van der Waals surface area (Å²) in [5, 5.41) is 8.71. The van der Waals surface area contributed by atoms with E-state index in [0.717, 1.165) is 4.88 Å². The van der Waals surface area contributed by atoms with Crippen molar-refractivity contribution in [3.8, 4) is 0 Å². The number of rotatable bonds is 5. The highest BCUT2D eigenvalue weighted by Crippen LogP contribution is 2.29. The molecule has 6 heteroatoms. The fraction of sp³-hybridized carbons (Fsp3) is 0.455. The maximum absolute atomic E-state index is 12.0. The summed E-state index contributed by atoms with van der Waals surface area (Å²) in [7, 11) is 0. The van der Waals surface area contributed by atoms with Crippen LogP contribution in [0.15, 0.2) is 12.1 Å². The summed E-state index contributed by atoms with van der Waals surface area (Å²) in [6.45, 7) is 3.64. The van der Waals surface area contributed by atoms with Gasteiger partial charge in [0.15, 0.2) is 0 Å². The Labute approximate surface area is 109 Å². The lowest BCUT2D eigenvalue weighted by Crippen LogP contribution is -2.37. The van der Waals surface area contributed by atoms with Gasteiger partial charge in [-0.15, -0.1) is 11.3 Å². The summed E-state index contributed by atoms with van der Waals surface area (Å²) < 4.78 is 0.626. The van der Waals surface area contributed by atoms with Gasteiger partial charge in [0.05, 0.1) is 10.3 Å². The van der Waals surface area contributed by atoms with Gasteiger partial charge in [-0.3, -0.25) is 9.59 Å². The Kier molecular flexibility index (Phi) is 4.96. The van der Waals surface area contributed by atoms with E-state index in [2.05, 4.69) is 0 Å². The van der Waals surface area contributed by atoms with Crippen LogP contribution in [0.3, 0.4) is 0 Å². The molecule has 1 unspecified atom stereocenters. The van der Waals surface area contributed by atoms with Crippen molar-refractivity contribution < 1.29 is 14.7 Å². The second-order valence-corrected chi connectivity index (χ2v) is 5.36. The van der Waals surface area contributed by atoms with Crippen LogP contribution in [0.5, 0.6) is 0 Å². The number of aliphatic carboxylic acids is 1. The number of likely N-dealkylation sites (N-methyl/N-ethyl adjacent to an activating group) is 1. The number of carbonyl (C=O) groups excluding carboxylic acids is 1. The van der Waals surface area contributed by atoms with E-state index in [0.29, 0.717) is 10.9 Å². The van der Waals surface area contributed by atoms with Crippen LogP contribution in [0.4, 0.5) is 0 Å². The Hall–Kier alpha value is -1.07. The minimum Gasteiger partial charge on any atom is -0.480 e. The molecule has 0 saturated heterocycles. The summed E-state index contributed by atoms with van der Waals surface area (Å²) in [4.78, 5) is 24.8. The molecule has 4 nitrogen and oxygen atoms in total. The van der Waals surface area contributed by atoms with Gasteiger partial charge in [0.2, 0.25) is 5.91 Å². The normalized spacial score (nSPS) is 12.2. The van der Waals surface area contributed by atoms with Crippen molar-refractivity contribution in [2.45, 2.75) is 19.8 Å². The Balaban J connectivity index is 2.77. The molecule has 1 aromatic rings. The van der Waals surface area contributed by atoms with E-state index in [-0.39, 0.29) is 18.4 Å². The van der Waals surface area contributed by atoms with Crippen LogP contribution >= 0.6 is 22.9 Å². The molecule has 0 spiro atoms. The zero-order valence-electron chi connectivity index (χ0n) is 9.64. The van der Waals surface area contributed by atoms with Gasteiger partial charge >= 0.3 is 5.97 Å². The molecule has 0 saturated carbocycles. The van der Waals surface area contributed by atoms with E-state index in [1.54, 1.807) is 26.0 Å². The smallest absolute Gasteiger partial charge is 0.323 e. The molecule has 17 heavy (non-hydrogen) atoms. The number of hydrogen-bond donors (Lipinski definition) is 1. The minimum atomic E-state index is -1.00. The Bertz CT molecular complexity index is 419. The monoisotopic (exact) mass is 275 g/mol. The van der Waals surface area contributed by atoms with E-state index in [4.69, 9.17) is 16.7 Å². The molecule has 94 valence electrons. The third-order valence-corrected chi connectivity index (χ3v) is 3.82. The quantitative estimate of drug-likeness (QED) is 0.898. The van der Waals surface area contributed by atoms with Crippen molar-refractivity contribution in [3.63, 3.8) is 0 Å². The van der Waals surface area contributed by atoms with Crippen LogP contribution in [-0.4, -0.2) is 35.0 Å². The zero-order chi connectivity index (χ0) is 13.0. The van der Waals surface area contributed by atoms with Crippen LogP contribution in [-0.2, 0) is 9.59 Å². The summed E-state index contributed by atoms with van der Waals surface area (Å²) in [5.74, 6) is -1.54. The first-order chi connectivity index (χ1) is 7.95. The Morgan fingerprint density at radius 2 is 2.18 bits per heavy atom. The van der Waals surface area contributed by atoms with Crippen molar-refractivity contribution in [1.29, 1.82) is 0 Å². The van der Waals surface area contributed by atoms with Crippen LogP contribution in [0.1, 0.15) is 24.6 Å². The van der Waals surface area contributed by atoms with Crippen molar-refractivity contribution >= 4 is 34.8 Å². The van der Waals surface area contributed by atoms with Crippen molar-refractivity contribution in [3.05, 3.63) is 21.3 Å². The average Bonchev–Trinajstić information content (AvgIpc) is 2.70. The van der Waals surface area contributed by atoms with Gasteiger partial charge in [-0.2, -0.15) is 0 Å². The average molecular weight is 276 g/mol. The molecule has 0 aliphatic rings. The second-order valence-electron chi connectivity index (χ2n) is 3.61. The maximum Gasteiger partial charge on any atom is 0.323 e. The largest absolute Gasteiger partial charge is 0.480 e. The maximum atomic E-state index is 12.0. The number of carboxylic acid groups (broad SMARTS) is 1. The molecule has 0 radical (unpaired) electrons. The predicted molar refractivity (Wildman–Crippen MR) is 67.6 cm³/mol. The third-order valence-electron chi connectivity index (χ3n) is 2.41. The molecule has 1 atom stereocenters. The zero-order valence-corrected chi connectivity index (χ0v) is 11.2. The van der Waals surface area contributed by atoms with E-state index >= 15 is 0 Å². The molecule has 0 fully saturated rings. The van der Waals surface area contributed by atoms with Gasteiger partial charge in [0.25, 0.3) is 0 Å². The van der Waals surface area contributed by atoms with Gasteiger partial charge < -0.3 is 10.0 Å². The summed E-state index contributed by atoms with van der Waals surface area (Å²) in [6, 6.07) is 3.53. The minimum absolute atomic E-state index is 0.187. The SMILES string of the molecule is CCN(CC(=O)O)C(=O)C(C)c1ccc(Cl)s1. The van der Waals surface area contributed by atoms with E-state index in [9.17, 15) is 9.59 Å². The van der Waals surface area contributed by atoms with E-state index in [1.807, 2.05) is 0 Å². The first kappa shape index (κ1) is 14.0. The summed E-state index contributed by atoms with van der Waals surface area (Å²) >= 11 is 7.15. The number of carbonyl (C=O) groups is 2. The Morgan fingerprint density at radius 1 is 1.53 bits per heavy atom. The molecule has 1 amide bonds. The molecular formula is C11H14ClNO3S. The van der Waals surface area contributed by atoms with Gasteiger partial charge in [-0.25, -0.2) is 0 Å². The highest BCUT2D eigenvalue weighted by Gasteiger charge is 2.23. The number of hydrogen-bond acceptors (Lipinski definition) is 3. The van der Waals surface area contributed by atoms with Crippen molar-refractivity contribution in [1.82, 2.24) is 4.90 Å². The second kappa shape index (κ2) is 6.02. The summed E-state index contributed by atoms with van der Waals surface area (Å²) in [6.07, 6.45) is 0. The van der Waals surface area contributed by atoms with E-state index < -0.39 is 5.97 Å². The highest BCUT2D eigenvalue weighted by atomic mass is 35.5. The standard InChI is InChI=1S/C11H14ClNO3S/c1-3-13(6-10(14)15)11(16)7(2)8-4-5-9(12)17-8/h4-5,7H,3,6H2,1-2H3,(H,14,15). The first-order valence-corrected chi connectivity index (χ1v) is 6.41. The molecule has 0 aliphatic carbocycles. The fourth-order valence-corrected chi connectivity index (χ4v) is 2.57. The lowest BCUT2D eigenvalue weighted by molar-refractivity contribution is -0.144. The molecule has 1 N–H and O–H groups in total. The van der Waals surface area contributed by atoms with Crippen molar-refractivity contribution in [2.75, 3.05) is 13.1 Å². The lowest BCUT2D eigenvalue weighted by atomic mass is 10.1. The lowest BCUT2D eigenvalue weighted by Gasteiger charge is -2.21. The number of carboxylic acids is 1. The topological polar surface area (TPSA) is 57.6 Å². The number of halogens is 1. The first-order valence-electron chi connectivity index (χ1n) is 5.21. The van der Waals surface area contributed by atoms with Crippen LogP contribution in [0.2, 0.25) is 4.34 Å². The van der Waals surface area contributed by atoms with Gasteiger partial charge in [-0.1, -0.05) is 11.6 Å². The number of amides is 1. The van der Waals surface area contributed by atoms with E-state index in [1.165, 1.54) is 16.2 Å². The summed E-state index contributed by atoms with van der Waals surface area (Å²) in [5.41, 5.74) is 0. The van der Waals surface area contributed by atoms with Crippen molar-refractivity contribution in [2.24, 2.45) is 0 Å². The van der Waals surface area contributed by atoms with Crippen LogP contribution in [0, 0.1) is 0 Å². The molecule has 1 aromatic heterocycles. The number of thiophene rings is 1.